The minimum absolute atomic E-state index is 0.0607. The number of hydrogen-bond acceptors (Lipinski definition) is 4. The predicted octanol–water partition coefficient (Wildman–Crippen LogP) is 5.15. The molecule has 0 aromatic heterocycles. The summed E-state index contributed by atoms with van der Waals surface area (Å²) in [5.41, 5.74) is 4.44. The van der Waals surface area contributed by atoms with Crippen molar-refractivity contribution in [3.63, 3.8) is 0 Å². The number of carbonyl (C=O) groups excluding carboxylic acids is 1. The molecule has 1 aliphatic heterocycles. The molecule has 0 spiro atoms. The number of fused-ring (bicyclic) bond motifs is 1. The molecule has 2 aromatic rings. The van der Waals surface area contributed by atoms with Gasteiger partial charge in [-0.3, -0.25) is 4.90 Å². The van der Waals surface area contributed by atoms with E-state index in [0.717, 1.165) is 17.7 Å². The van der Waals surface area contributed by atoms with Crippen LogP contribution in [0.15, 0.2) is 84.3 Å². The van der Waals surface area contributed by atoms with E-state index in [4.69, 9.17) is 0 Å². The van der Waals surface area contributed by atoms with Crippen LogP contribution < -0.4 is 10.6 Å². The Morgan fingerprint density at radius 3 is 2.47 bits per heavy atom. The number of hydrogen-bond donors (Lipinski definition) is 2. The summed E-state index contributed by atoms with van der Waals surface area (Å²) in [7, 11) is -1.46. The van der Waals surface area contributed by atoms with E-state index in [1.54, 1.807) is 30.4 Å². The SMILES string of the molecule is C=C/C=C(\C=C)C(C)NC(=O)Nc1ccc(S(=O)(=O)Cc2ccc3c(c2)CN(C)C3(C)C)cc1. The second kappa shape index (κ2) is 9.99. The van der Waals surface area contributed by atoms with Gasteiger partial charge in [0.1, 0.15) is 0 Å². The summed E-state index contributed by atoms with van der Waals surface area (Å²) in [6.45, 7) is 14.4. The lowest BCUT2D eigenvalue weighted by Crippen LogP contribution is -2.36. The highest BCUT2D eigenvalue weighted by molar-refractivity contribution is 7.90. The highest BCUT2D eigenvalue weighted by Crippen LogP contribution is 2.38. The topological polar surface area (TPSA) is 78.5 Å². The molecule has 2 amide bonds. The highest BCUT2D eigenvalue weighted by atomic mass is 32.2. The Balaban J connectivity index is 1.67. The molecule has 1 aliphatic rings. The van der Waals surface area contributed by atoms with Gasteiger partial charge in [0.15, 0.2) is 9.84 Å². The number of allylic oxidation sites excluding steroid dienone is 2. The molecule has 0 fully saturated rings. The minimum Gasteiger partial charge on any atom is -0.331 e. The van der Waals surface area contributed by atoms with E-state index < -0.39 is 15.9 Å². The maximum atomic E-state index is 13.0. The molecule has 2 N–H and O–H groups in total. The Hall–Kier alpha value is -3.16. The summed E-state index contributed by atoms with van der Waals surface area (Å²) in [5, 5.41) is 5.54. The maximum Gasteiger partial charge on any atom is 0.319 e. The molecule has 2 aromatic carbocycles. The molecule has 1 unspecified atom stereocenters. The molecule has 0 aliphatic carbocycles. The van der Waals surface area contributed by atoms with Crippen LogP contribution >= 0.6 is 0 Å². The number of anilines is 1. The summed E-state index contributed by atoms with van der Waals surface area (Å²) < 4.78 is 26.0. The van der Waals surface area contributed by atoms with Gasteiger partial charge in [-0.2, -0.15) is 0 Å². The first-order chi connectivity index (χ1) is 16.0. The normalized spacial score (nSPS) is 16.4. The van der Waals surface area contributed by atoms with Crippen molar-refractivity contribution in [2.75, 3.05) is 12.4 Å². The molecule has 1 heterocycles. The summed E-state index contributed by atoms with van der Waals surface area (Å²) >= 11 is 0. The first kappa shape index (κ1) is 25.5. The zero-order valence-corrected chi connectivity index (χ0v) is 21.1. The van der Waals surface area contributed by atoms with Crippen molar-refractivity contribution >= 4 is 21.6 Å². The third kappa shape index (κ3) is 5.48. The summed E-state index contributed by atoms with van der Waals surface area (Å²) in [6, 6.07) is 11.5. The first-order valence-electron chi connectivity index (χ1n) is 11.2. The van der Waals surface area contributed by atoms with E-state index in [0.29, 0.717) is 5.69 Å². The predicted molar refractivity (Wildman–Crippen MR) is 138 cm³/mol. The van der Waals surface area contributed by atoms with Crippen molar-refractivity contribution in [3.8, 4) is 0 Å². The number of nitrogens with one attached hydrogen (secondary N) is 2. The Morgan fingerprint density at radius 2 is 1.85 bits per heavy atom. The van der Waals surface area contributed by atoms with Gasteiger partial charge in [0.05, 0.1) is 16.7 Å². The smallest absolute Gasteiger partial charge is 0.319 e. The van der Waals surface area contributed by atoms with Crippen molar-refractivity contribution in [3.05, 3.63) is 96.1 Å². The second-order valence-corrected chi connectivity index (χ2v) is 11.1. The monoisotopic (exact) mass is 479 g/mol. The van der Waals surface area contributed by atoms with Crippen LogP contribution in [-0.2, 0) is 27.7 Å². The lowest BCUT2D eigenvalue weighted by Gasteiger charge is -2.28. The fourth-order valence-corrected chi connectivity index (χ4v) is 5.48. The van der Waals surface area contributed by atoms with Crippen LogP contribution in [0, 0.1) is 0 Å². The molecule has 0 bridgehead atoms. The van der Waals surface area contributed by atoms with Crippen molar-refractivity contribution in [1.29, 1.82) is 0 Å². The maximum absolute atomic E-state index is 13.0. The Kier molecular flexibility index (Phi) is 7.48. The summed E-state index contributed by atoms with van der Waals surface area (Å²) in [4.78, 5) is 14.8. The molecule has 7 heteroatoms. The van der Waals surface area contributed by atoms with Crippen molar-refractivity contribution in [2.45, 2.75) is 49.5 Å². The molecule has 0 saturated heterocycles. The van der Waals surface area contributed by atoms with Gasteiger partial charge in [0.2, 0.25) is 0 Å². The van der Waals surface area contributed by atoms with Gasteiger partial charge < -0.3 is 10.6 Å². The summed E-state index contributed by atoms with van der Waals surface area (Å²) in [5.74, 6) is -0.0742. The minimum atomic E-state index is -3.53. The molecule has 0 saturated carbocycles. The van der Waals surface area contributed by atoms with Gasteiger partial charge in [0, 0.05) is 17.8 Å². The van der Waals surface area contributed by atoms with E-state index in [2.05, 4.69) is 49.6 Å². The lowest BCUT2D eigenvalue weighted by atomic mass is 9.93. The standard InChI is InChI=1S/C27H33N3O3S/c1-7-9-21(8-2)19(3)28-26(31)29-23-11-13-24(14-12-23)34(32,33)18-20-10-15-25-22(16-20)17-30(6)27(25,4)5/h7-16,19H,1-2,17-18H2,3-6H3,(H2,28,29,31)/b21-9+. The second-order valence-electron chi connectivity index (χ2n) is 9.12. The van der Waals surface area contributed by atoms with Crippen LogP contribution in [0.4, 0.5) is 10.5 Å². The number of benzene rings is 2. The third-order valence-corrected chi connectivity index (χ3v) is 8.12. The average Bonchev–Trinajstić information content (AvgIpc) is 2.99. The van der Waals surface area contributed by atoms with Gasteiger partial charge in [-0.25, -0.2) is 13.2 Å². The number of sulfone groups is 1. The Morgan fingerprint density at radius 1 is 1.18 bits per heavy atom. The molecule has 3 rings (SSSR count). The van der Waals surface area contributed by atoms with Gasteiger partial charge in [-0.1, -0.05) is 49.6 Å². The summed E-state index contributed by atoms with van der Waals surface area (Å²) in [6.07, 6.45) is 5.07. The number of rotatable bonds is 8. The lowest BCUT2D eigenvalue weighted by molar-refractivity contribution is 0.178. The fraction of sp³-hybridized carbons (Fsp3) is 0.296. The number of carbonyl (C=O) groups is 1. The molecular formula is C27H33N3O3S. The van der Waals surface area contributed by atoms with Crippen LogP contribution in [0.25, 0.3) is 0 Å². The fourth-order valence-electron chi connectivity index (χ4n) is 4.14. The number of urea groups is 1. The Bertz CT molecular complexity index is 1230. The molecule has 1 atom stereocenters. The van der Waals surface area contributed by atoms with Crippen LogP contribution in [0.2, 0.25) is 0 Å². The van der Waals surface area contributed by atoms with Crippen molar-refractivity contribution in [2.24, 2.45) is 0 Å². The van der Waals surface area contributed by atoms with Gasteiger partial charge in [0.25, 0.3) is 0 Å². The molecule has 180 valence electrons. The van der Waals surface area contributed by atoms with Crippen LogP contribution in [0.1, 0.15) is 37.5 Å². The Labute approximate surface area is 203 Å². The zero-order chi connectivity index (χ0) is 25.1. The highest BCUT2D eigenvalue weighted by Gasteiger charge is 2.34. The van der Waals surface area contributed by atoms with Gasteiger partial charge in [-0.05, 0) is 74.3 Å². The van der Waals surface area contributed by atoms with E-state index in [1.807, 2.05) is 25.1 Å². The first-order valence-corrected chi connectivity index (χ1v) is 12.8. The van der Waals surface area contributed by atoms with Crippen LogP contribution in [-0.4, -0.2) is 32.4 Å². The van der Waals surface area contributed by atoms with Crippen molar-refractivity contribution < 1.29 is 13.2 Å². The van der Waals surface area contributed by atoms with Crippen LogP contribution in [0.5, 0.6) is 0 Å². The quantitative estimate of drug-likeness (QED) is 0.513. The largest absolute Gasteiger partial charge is 0.331 e. The van der Waals surface area contributed by atoms with E-state index in [-0.39, 0.29) is 22.2 Å². The van der Waals surface area contributed by atoms with E-state index in [9.17, 15) is 13.2 Å². The molecule has 6 nitrogen and oxygen atoms in total. The number of amides is 2. The molecular weight excluding hydrogens is 446 g/mol. The van der Waals surface area contributed by atoms with Crippen molar-refractivity contribution in [1.82, 2.24) is 10.2 Å². The van der Waals surface area contributed by atoms with Crippen LogP contribution in [0.3, 0.4) is 0 Å². The van der Waals surface area contributed by atoms with E-state index >= 15 is 0 Å². The van der Waals surface area contributed by atoms with Gasteiger partial charge in [-0.15, -0.1) is 0 Å². The number of nitrogens with zero attached hydrogens (tertiary/aromatic N) is 1. The molecule has 0 radical (unpaired) electrons. The molecule has 34 heavy (non-hydrogen) atoms. The zero-order valence-electron chi connectivity index (χ0n) is 20.3. The average molecular weight is 480 g/mol. The van der Waals surface area contributed by atoms with Gasteiger partial charge >= 0.3 is 6.03 Å². The third-order valence-electron chi connectivity index (χ3n) is 6.41. The van der Waals surface area contributed by atoms with E-state index in [1.165, 1.54) is 23.3 Å².